The van der Waals surface area contributed by atoms with E-state index in [0.717, 1.165) is 0 Å². The van der Waals surface area contributed by atoms with Gasteiger partial charge in [-0.3, -0.25) is 15.4 Å². The lowest BCUT2D eigenvalue weighted by atomic mass is 10.0. The van der Waals surface area contributed by atoms with Crippen LogP contribution in [0.25, 0.3) is 0 Å². The lowest BCUT2D eigenvalue weighted by Crippen LogP contribution is -2.47. The standard InChI is InChI=1S/C22H35F3N4O5/c1-9-14(2)15(12-10-11-13-26-16(30)22(23,24)25)27-17(28-18(31)33-20(3,4)5)29-19(32)34-21(6,7)8/h10-12,14H,9,13H2,1-8H3,(H,26,30)(H2,27,28,29,31,32)/b11-10+,15-12+. The molecule has 0 saturated heterocycles. The van der Waals surface area contributed by atoms with Crippen molar-refractivity contribution in [2.24, 2.45) is 10.9 Å². The molecule has 0 aromatic carbocycles. The zero-order valence-electron chi connectivity index (χ0n) is 20.8. The van der Waals surface area contributed by atoms with Crippen molar-refractivity contribution in [1.82, 2.24) is 16.0 Å². The summed E-state index contributed by atoms with van der Waals surface area (Å²) in [6.45, 7) is 13.3. The molecule has 0 radical (unpaired) electrons. The van der Waals surface area contributed by atoms with Gasteiger partial charge in [0.2, 0.25) is 5.96 Å². The molecule has 0 aromatic rings. The van der Waals surface area contributed by atoms with Gasteiger partial charge < -0.3 is 14.8 Å². The highest BCUT2D eigenvalue weighted by Gasteiger charge is 2.38. The van der Waals surface area contributed by atoms with Gasteiger partial charge in [-0.15, -0.1) is 0 Å². The predicted octanol–water partition coefficient (Wildman–Crippen LogP) is 4.56. The van der Waals surface area contributed by atoms with E-state index in [9.17, 15) is 27.6 Å². The minimum atomic E-state index is -4.97. The van der Waals surface area contributed by atoms with E-state index in [1.807, 2.05) is 13.8 Å². The molecule has 9 nitrogen and oxygen atoms in total. The first-order chi connectivity index (χ1) is 15.3. The maximum atomic E-state index is 12.2. The third-order valence-corrected chi connectivity index (χ3v) is 3.64. The molecule has 34 heavy (non-hydrogen) atoms. The van der Waals surface area contributed by atoms with Crippen LogP contribution in [0.1, 0.15) is 61.8 Å². The number of carbonyl (C=O) groups excluding carboxylic acids is 3. The Bertz CT molecular complexity index is 775. The van der Waals surface area contributed by atoms with Gasteiger partial charge >= 0.3 is 24.3 Å². The van der Waals surface area contributed by atoms with Crippen molar-refractivity contribution in [2.75, 3.05) is 6.54 Å². The minimum absolute atomic E-state index is 0.162. The molecule has 0 aliphatic rings. The van der Waals surface area contributed by atoms with Crippen molar-refractivity contribution in [3.63, 3.8) is 0 Å². The summed E-state index contributed by atoms with van der Waals surface area (Å²) >= 11 is 0. The Hall–Kier alpha value is -3.05. The highest BCUT2D eigenvalue weighted by Crippen LogP contribution is 2.17. The summed E-state index contributed by atoms with van der Waals surface area (Å²) in [5.74, 6) is -2.47. The van der Waals surface area contributed by atoms with Crippen molar-refractivity contribution in [3.05, 3.63) is 23.9 Å². The van der Waals surface area contributed by atoms with Crippen molar-refractivity contribution in [1.29, 1.82) is 0 Å². The molecule has 0 spiro atoms. The molecule has 3 N–H and O–H groups in total. The number of alkyl halides is 3. The van der Waals surface area contributed by atoms with E-state index in [2.05, 4.69) is 15.6 Å². The molecule has 12 heteroatoms. The smallest absolute Gasteiger partial charge is 0.444 e. The average molecular weight is 493 g/mol. The summed E-state index contributed by atoms with van der Waals surface area (Å²) in [5.41, 5.74) is -1.22. The zero-order valence-corrected chi connectivity index (χ0v) is 20.8. The van der Waals surface area contributed by atoms with Crippen molar-refractivity contribution < 1.29 is 37.0 Å². The molecule has 0 aliphatic heterocycles. The van der Waals surface area contributed by atoms with Crippen molar-refractivity contribution in [3.8, 4) is 0 Å². The van der Waals surface area contributed by atoms with Gasteiger partial charge in [0.25, 0.3) is 0 Å². The number of nitrogens with zero attached hydrogens (tertiary/aromatic N) is 1. The predicted molar refractivity (Wildman–Crippen MR) is 122 cm³/mol. The summed E-state index contributed by atoms with van der Waals surface area (Å²) in [7, 11) is 0. The average Bonchev–Trinajstić information content (AvgIpc) is 2.61. The minimum Gasteiger partial charge on any atom is -0.444 e. The molecule has 0 aliphatic carbocycles. The number of hydrogen-bond donors (Lipinski definition) is 3. The summed E-state index contributed by atoms with van der Waals surface area (Å²) < 4.78 is 47.1. The highest BCUT2D eigenvalue weighted by atomic mass is 19.4. The molecule has 0 aromatic heterocycles. The third kappa shape index (κ3) is 14.9. The van der Waals surface area contributed by atoms with Gasteiger partial charge in [0.15, 0.2) is 0 Å². The van der Waals surface area contributed by atoms with Gasteiger partial charge in [-0.25, -0.2) is 14.6 Å². The van der Waals surface area contributed by atoms with Gasteiger partial charge in [0.05, 0.1) is 0 Å². The molecular formula is C22H35F3N4O5. The summed E-state index contributed by atoms with van der Waals surface area (Å²) in [5, 5.41) is 6.44. The van der Waals surface area contributed by atoms with Crippen molar-refractivity contribution in [2.45, 2.75) is 79.2 Å². The number of rotatable bonds is 6. The normalized spacial score (nSPS) is 13.7. The van der Waals surface area contributed by atoms with Crippen LogP contribution in [0.2, 0.25) is 0 Å². The van der Waals surface area contributed by atoms with Crippen molar-refractivity contribution >= 4 is 24.1 Å². The Balaban J connectivity index is 5.77. The number of ether oxygens (including phenoxy) is 2. The second-order valence-electron chi connectivity index (χ2n) is 9.25. The van der Waals surface area contributed by atoms with Crippen LogP contribution in [-0.2, 0) is 14.3 Å². The Morgan fingerprint density at radius 3 is 1.79 bits per heavy atom. The fourth-order valence-corrected chi connectivity index (χ4v) is 2.02. The summed E-state index contributed by atoms with van der Waals surface area (Å²) in [4.78, 5) is 39.6. The quantitative estimate of drug-likeness (QED) is 0.285. The topological polar surface area (TPSA) is 118 Å². The van der Waals surface area contributed by atoms with Crippen LogP contribution in [0, 0.1) is 5.92 Å². The van der Waals surface area contributed by atoms with E-state index < -0.39 is 35.5 Å². The number of alkyl carbamates (subject to hydrolysis) is 2. The monoisotopic (exact) mass is 492 g/mol. The first kappa shape index (κ1) is 30.9. The summed E-state index contributed by atoms with van der Waals surface area (Å²) in [6.07, 6.45) is -1.88. The molecule has 194 valence electrons. The lowest BCUT2D eigenvalue weighted by Gasteiger charge is -2.22. The molecule has 0 fully saturated rings. The molecule has 0 saturated carbocycles. The van der Waals surface area contributed by atoms with E-state index in [-0.39, 0.29) is 18.4 Å². The van der Waals surface area contributed by atoms with Crippen LogP contribution in [0.5, 0.6) is 0 Å². The first-order valence-electron chi connectivity index (χ1n) is 10.6. The van der Waals surface area contributed by atoms with E-state index in [1.54, 1.807) is 46.9 Å². The lowest BCUT2D eigenvalue weighted by molar-refractivity contribution is -0.173. The number of amides is 3. The van der Waals surface area contributed by atoms with E-state index in [4.69, 9.17) is 9.47 Å². The van der Waals surface area contributed by atoms with Crippen LogP contribution in [0.4, 0.5) is 22.8 Å². The number of halogens is 3. The fraction of sp³-hybridized carbons (Fsp3) is 0.636. The van der Waals surface area contributed by atoms with Crippen LogP contribution < -0.4 is 16.0 Å². The molecule has 1 atom stereocenters. The van der Waals surface area contributed by atoms with E-state index >= 15 is 0 Å². The Morgan fingerprint density at radius 1 is 0.941 bits per heavy atom. The number of hydrogen-bond acceptors (Lipinski definition) is 6. The Morgan fingerprint density at radius 2 is 1.41 bits per heavy atom. The van der Waals surface area contributed by atoms with Crippen LogP contribution >= 0.6 is 0 Å². The van der Waals surface area contributed by atoms with Crippen LogP contribution in [0.3, 0.4) is 0 Å². The third-order valence-electron chi connectivity index (χ3n) is 3.64. The van der Waals surface area contributed by atoms with E-state index in [1.165, 1.54) is 18.2 Å². The van der Waals surface area contributed by atoms with Gasteiger partial charge in [-0.1, -0.05) is 26.0 Å². The highest BCUT2D eigenvalue weighted by molar-refractivity contribution is 6.01. The molecule has 1 unspecified atom stereocenters. The molecule has 0 rings (SSSR count). The maximum Gasteiger partial charge on any atom is 0.471 e. The van der Waals surface area contributed by atoms with Gasteiger partial charge in [0, 0.05) is 12.2 Å². The Kier molecular flexibility index (Phi) is 11.8. The van der Waals surface area contributed by atoms with Crippen LogP contribution in [-0.4, -0.2) is 48.0 Å². The SMILES string of the molecule is CCC(C)/C(=C\C=C\CNC(=O)C(F)(F)F)N=C(NC(=O)OC(C)(C)C)NC(=O)OC(C)(C)C. The largest absolute Gasteiger partial charge is 0.471 e. The maximum absolute atomic E-state index is 12.2. The number of aliphatic imine (C=N–C) groups is 1. The molecular weight excluding hydrogens is 457 g/mol. The van der Waals surface area contributed by atoms with Gasteiger partial charge in [-0.2, -0.15) is 13.2 Å². The number of allylic oxidation sites excluding steroid dienone is 3. The number of guanidine groups is 1. The number of nitrogens with one attached hydrogen (secondary N) is 3. The van der Waals surface area contributed by atoms with Gasteiger partial charge in [0.1, 0.15) is 11.2 Å². The van der Waals surface area contributed by atoms with E-state index in [0.29, 0.717) is 12.1 Å². The van der Waals surface area contributed by atoms with Gasteiger partial charge in [-0.05, 0) is 60.0 Å². The second-order valence-corrected chi connectivity index (χ2v) is 9.25. The summed E-state index contributed by atoms with van der Waals surface area (Å²) in [6, 6.07) is 0. The fourth-order valence-electron chi connectivity index (χ4n) is 2.02. The molecule has 0 bridgehead atoms. The zero-order chi connectivity index (χ0) is 26.7. The second kappa shape index (κ2) is 13.0. The molecule has 0 heterocycles. The Labute approximate surface area is 198 Å². The molecule has 3 amide bonds. The number of carbonyl (C=O) groups is 3. The van der Waals surface area contributed by atoms with Crippen LogP contribution in [0.15, 0.2) is 28.9 Å². The first-order valence-corrected chi connectivity index (χ1v) is 10.6.